The van der Waals surface area contributed by atoms with Gasteiger partial charge in [0.25, 0.3) is 0 Å². The lowest BCUT2D eigenvalue weighted by Gasteiger charge is -2.19. The minimum atomic E-state index is -0.0251. The molecular formula is C17H25N3S. The van der Waals surface area contributed by atoms with Gasteiger partial charge in [0.1, 0.15) is 0 Å². The van der Waals surface area contributed by atoms with E-state index in [4.69, 9.17) is 5.73 Å². The van der Waals surface area contributed by atoms with Crippen molar-refractivity contribution in [2.75, 3.05) is 0 Å². The van der Waals surface area contributed by atoms with E-state index in [1.807, 2.05) is 0 Å². The molecule has 1 aromatic heterocycles. The van der Waals surface area contributed by atoms with E-state index in [9.17, 15) is 0 Å². The first kappa shape index (κ1) is 16.1. The summed E-state index contributed by atoms with van der Waals surface area (Å²) in [6, 6.07) is 8.75. The van der Waals surface area contributed by atoms with Crippen molar-refractivity contribution in [1.82, 2.24) is 9.59 Å². The first-order valence-corrected chi connectivity index (χ1v) is 8.23. The Kier molecular flexibility index (Phi) is 4.79. The van der Waals surface area contributed by atoms with Crippen molar-refractivity contribution in [3.63, 3.8) is 0 Å². The van der Waals surface area contributed by atoms with E-state index in [0.29, 0.717) is 5.92 Å². The lowest BCUT2D eigenvalue weighted by molar-refractivity contribution is 0.589. The number of rotatable bonds is 4. The predicted octanol–water partition coefficient (Wildman–Crippen LogP) is 4.20. The van der Waals surface area contributed by atoms with E-state index in [0.717, 1.165) is 17.0 Å². The van der Waals surface area contributed by atoms with Crippen LogP contribution in [0.5, 0.6) is 0 Å². The molecule has 2 rings (SSSR count). The number of aromatic nitrogens is 2. The van der Waals surface area contributed by atoms with Gasteiger partial charge >= 0.3 is 0 Å². The van der Waals surface area contributed by atoms with Gasteiger partial charge in [0.15, 0.2) is 0 Å². The van der Waals surface area contributed by atoms with Gasteiger partial charge < -0.3 is 5.73 Å². The highest BCUT2D eigenvalue weighted by Gasteiger charge is 2.19. The van der Waals surface area contributed by atoms with Crippen molar-refractivity contribution in [1.29, 1.82) is 0 Å². The van der Waals surface area contributed by atoms with E-state index in [2.05, 4.69) is 68.5 Å². The second-order valence-electron chi connectivity index (χ2n) is 6.93. The fourth-order valence-corrected chi connectivity index (χ4v) is 3.16. The van der Waals surface area contributed by atoms with Crippen molar-refractivity contribution in [3.8, 4) is 0 Å². The van der Waals surface area contributed by atoms with Gasteiger partial charge in [-0.15, -0.1) is 5.10 Å². The number of nitrogens with zero attached hydrogens (tertiary/aromatic N) is 2. The van der Waals surface area contributed by atoms with Crippen LogP contribution in [-0.2, 0) is 11.8 Å². The minimum absolute atomic E-state index is 0.0251. The van der Waals surface area contributed by atoms with Crippen LogP contribution in [0.3, 0.4) is 0 Å². The fraction of sp³-hybridized carbons (Fsp3) is 0.529. The lowest BCUT2D eigenvalue weighted by Crippen LogP contribution is -2.15. The first-order valence-electron chi connectivity index (χ1n) is 7.46. The van der Waals surface area contributed by atoms with E-state index in [1.54, 1.807) is 0 Å². The lowest BCUT2D eigenvalue weighted by atomic mass is 9.86. The first-order chi connectivity index (χ1) is 9.79. The van der Waals surface area contributed by atoms with Crippen LogP contribution in [0.4, 0.5) is 0 Å². The van der Waals surface area contributed by atoms with Crippen molar-refractivity contribution < 1.29 is 0 Å². The molecule has 0 radical (unpaired) electrons. The molecule has 1 aromatic carbocycles. The second-order valence-corrected chi connectivity index (χ2v) is 7.72. The van der Waals surface area contributed by atoms with Gasteiger partial charge in [0.2, 0.25) is 0 Å². The highest BCUT2D eigenvalue weighted by molar-refractivity contribution is 7.05. The molecule has 0 aliphatic heterocycles. The molecule has 2 N–H and O–H groups in total. The Hall–Kier alpha value is -1.26. The van der Waals surface area contributed by atoms with Gasteiger partial charge in [-0.2, -0.15) is 0 Å². The van der Waals surface area contributed by atoms with E-state index in [1.165, 1.54) is 22.7 Å². The summed E-state index contributed by atoms with van der Waals surface area (Å²) in [7, 11) is 0. The molecule has 3 nitrogen and oxygen atoms in total. The SMILES string of the molecule is CC(C)c1nnsc1C(N)Cc1ccc(C(C)(C)C)cc1. The van der Waals surface area contributed by atoms with Crippen LogP contribution < -0.4 is 5.73 Å². The Balaban J connectivity index is 2.12. The average molecular weight is 303 g/mol. The second kappa shape index (κ2) is 6.24. The quantitative estimate of drug-likeness (QED) is 0.921. The summed E-state index contributed by atoms with van der Waals surface area (Å²) in [5.41, 5.74) is 10.2. The largest absolute Gasteiger partial charge is 0.323 e. The summed E-state index contributed by atoms with van der Waals surface area (Å²) in [6.07, 6.45) is 0.827. The van der Waals surface area contributed by atoms with Crippen LogP contribution in [-0.4, -0.2) is 9.59 Å². The zero-order chi connectivity index (χ0) is 15.6. The third-order valence-electron chi connectivity index (χ3n) is 3.70. The Bertz CT molecular complexity index is 579. The third-order valence-corrected chi connectivity index (χ3v) is 4.57. The summed E-state index contributed by atoms with van der Waals surface area (Å²) in [6.45, 7) is 10.9. The minimum Gasteiger partial charge on any atom is -0.323 e. The summed E-state index contributed by atoms with van der Waals surface area (Å²) >= 11 is 1.43. The van der Waals surface area contributed by atoms with Gasteiger partial charge in [-0.05, 0) is 40.4 Å². The Morgan fingerprint density at radius 2 is 1.76 bits per heavy atom. The summed E-state index contributed by atoms with van der Waals surface area (Å²) in [5.74, 6) is 0.369. The summed E-state index contributed by atoms with van der Waals surface area (Å²) in [5, 5.41) is 4.21. The molecule has 0 bridgehead atoms. The topological polar surface area (TPSA) is 51.8 Å². The standard InChI is InChI=1S/C17H25N3S/c1-11(2)15-16(21-20-19-15)14(18)10-12-6-8-13(9-7-12)17(3,4)5/h6-9,11,14H,10,18H2,1-5H3. The molecule has 1 unspecified atom stereocenters. The summed E-state index contributed by atoms with van der Waals surface area (Å²) in [4.78, 5) is 1.12. The number of benzene rings is 1. The van der Waals surface area contributed by atoms with Crippen LogP contribution in [0.15, 0.2) is 24.3 Å². The van der Waals surface area contributed by atoms with Crippen LogP contribution in [0.25, 0.3) is 0 Å². The molecule has 4 heteroatoms. The number of nitrogens with two attached hydrogens (primary N) is 1. The fourth-order valence-electron chi connectivity index (χ4n) is 2.35. The normalized spacial score (nSPS) is 13.7. The molecule has 0 amide bonds. The third kappa shape index (κ3) is 3.89. The highest BCUT2D eigenvalue weighted by atomic mass is 32.1. The maximum atomic E-state index is 6.36. The molecule has 0 spiro atoms. The van der Waals surface area contributed by atoms with Crippen molar-refractivity contribution in [2.45, 2.75) is 58.4 Å². The highest BCUT2D eigenvalue weighted by Crippen LogP contribution is 2.28. The predicted molar refractivity (Wildman–Crippen MR) is 89.8 cm³/mol. The smallest absolute Gasteiger partial charge is 0.0829 e. The van der Waals surface area contributed by atoms with Crippen molar-refractivity contribution in [2.24, 2.45) is 5.73 Å². The number of hydrogen-bond donors (Lipinski definition) is 1. The van der Waals surface area contributed by atoms with Crippen LogP contribution >= 0.6 is 11.5 Å². The zero-order valence-electron chi connectivity index (χ0n) is 13.6. The molecule has 21 heavy (non-hydrogen) atoms. The summed E-state index contributed by atoms with van der Waals surface area (Å²) < 4.78 is 4.06. The van der Waals surface area contributed by atoms with Crippen molar-refractivity contribution in [3.05, 3.63) is 46.0 Å². The van der Waals surface area contributed by atoms with Gasteiger partial charge in [-0.1, -0.05) is 63.4 Å². The Morgan fingerprint density at radius 3 is 2.29 bits per heavy atom. The molecule has 0 aliphatic carbocycles. The molecule has 2 aromatic rings. The monoisotopic (exact) mass is 303 g/mol. The van der Waals surface area contributed by atoms with Crippen LogP contribution in [0, 0.1) is 0 Å². The van der Waals surface area contributed by atoms with Crippen LogP contribution in [0.1, 0.15) is 68.3 Å². The van der Waals surface area contributed by atoms with Gasteiger partial charge in [0.05, 0.1) is 10.6 Å². The molecule has 0 fully saturated rings. The van der Waals surface area contributed by atoms with E-state index in [-0.39, 0.29) is 11.5 Å². The maximum absolute atomic E-state index is 6.36. The van der Waals surface area contributed by atoms with Gasteiger partial charge in [-0.3, -0.25) is 0 Å². The Labute approximate surface area is 131 Å². The van der Waals surface area contributed by atoms with Gasteiger partial charge in [-0.25, -0.2) is 0 Å². The number of hydrogen-bond acceptors (Lipinski definition) is 4. The molecule has 0 saturated heterocycles. The molecular weight excluding hydrogens is 278 g/mol. The van der Waals surface area contributed by atoms with Crippen LogP contribution in [0.2, 0.25) is 0 Å². The van der Waals surface area contributed by atoms with Crippen molar-refractivity contribution >= 4 is 11.5 Å². The Morgan fingerprint density at radius 1 is 1.14 bits per heavy atom. The molecule has 114 valence electrons. The van der Waals surface area contributed by atoms with Gasteiger partial charge in [0, 0.05) is 6.04 Å². The molecule has 1 heterocycles. The van der Waals surface area contributed by atoms with E-state index >= 15 is 0 Å². The molecule has 0 aliphatic rings. The molecule has 0 saturated carbocycles. The average Bonchev–Trinajstić information content (AvgIpc) is 2.87. The van der Waals surface area contributed by atoms with E-state index < -0.39 is 0 Å². The molecule has 1 atom stereocenters. The maximum Gasteiger partial charge on any atom is 0.0829 e. The zero-order valence-corrected chi connectivity index (χ0v) is 14.4.